The van der Waals surface area contributed by atoms with Crippen molar-refractivity contribution in [1.82, 2.24) is 0 Å². The van der Waals surface area contributed by atoms with Crippen molar-refractivity contribution in [3.63, 3.8) is 0 Å². The third kappa shape index (κ3) is 28.3. The van der Waals surface area contributed by atoms with Gasteiger partial charge < -0.3 is 83.8 Å². The van der Waals surface area contributed by atoms with Crippen molar-refractivity contribution in [2.75, 3.05) is 0 Å². The molecular weight excluding hydrogens is 896 g/mol. The zero-order valence-corrected chi connectivity index (χ0v) is 36.6. The van der Waals surface area contributed by atoms with Gasteiger partial charge in [-0.25, -0.2) is 42.3 Å². The minimum atomic E-state index is 0. The normalized spacial score (nSPS) is 8.30. The second-order valence-electron chi connectivity index (χ2n) is 9.49. The zero-order chi connectivity index (χ0) is 23.9. The Morgan fingerprint density at radius 2 is 0.575 bits per heavy atom. The predicted molar refractivity (Wildman–Crippen MR) is 180 cm³/mol. The summed E-state index contributed by atoms with van der Waals surface area (Å²) in [7, 11) is 0. The summed E-state index contributed by atoms with van der Waals surface area (Å²) >= 11 is 0. The Bertz CT molecular complexity index is 730. The van der Waals surface area contributed by atoms with Gasteiger partial charge in [0.25, 0.3) is 0 Å². The molecule has 0 amide bonds. The van der Waals surface area contributed by atoms with Crippen molar-refractivity contribution in [1.29, 1.82) is 0 Å². The summed E-state index contributed by atoms with van der Waals surface area (Å²) in [5.74, 6) is 2.74. The maximum atomic E-state index is 2.20. The number of hydrogen-bond acceptors (Lipinski definition) is 4. The smallest absolute Gasteiger partial charge is 0 e. The third-order valence-corrected chi connectivity index (χ3v) is 5.42. The van der Waals surface area contributed by atoms with Crippen LogP contribution in [0.3, 0.4) is 0 Å². The summed E-state index contributed by atoms with van der Waals surface area (Å²) in [6.45, 7) is 17.6. The average molecular weight is 945 g/mol. The molecule has 0 N–H and O–H groups in total. The van der Waals surface area contributed by atoms with Gasteiger partial charge in [0.2, 0.25) is 0 Å². The molecule has 0 aliphatic rings. The summed E-state index contributed by atoms with van der Waals surface area (Å²) in [6.07, 6.45) is 0. The monoisotopic (exact) mass is 952 g/mol. The van der Waals surface area contributed by atoms with Crippen molar-refractivity contribution in [3.8, 4) is 0 Å². The molecule has 40 heavy (non-hydrogen) atoms. The Morgan fingerprint density at radius 3 is 0.675 bits per heavy atom. The van der Waals surface area contributed by atoms with E-state index in [0.717, 1.165) is 0 Å². The second kappa shape index (κ2) is 36.7. The molecular formula is C32H48Mo4S4-12. The SMILES string of the molecule is CC(C)[c-]1[cH-][cH-][cH-][cH-]1.CC(C)[c-]1cccc1.CC(C)[c-]1cccc1.CC(C)[c-]1cccc1.[Mo].[Mo].[Mo].[Mo].[SH-].[SH-].[SH-].[SH-]. The van der Waals surface area contributed by atoms with Crippen molar-refractivity contribution in [3.05, 3.63) is 119 Å². The molecule has 0 aliphatic heterocycles. The summed E-state index contributed by atoms with van der Waals surface area (Å²) in [4.78, 5) is 0. The summed E-state index contributed by atoms with van der Waals surface area (Å²) in [6, 6.07) is 33.9. The zero-order valence-electron chi connectivity index (χ0n) is 25.0. The van der Waals surface area contributed by atoms with Gasteiger partial charge in [0.15, 0.2) is 0 Å². The maximum absolute atomic E-state index is 2.20. The van der Waals surface area contributed by atoms with Crippen molar-refractivity contribution in [2.45, 2.75) is 79.1 Å². The van der Waals surface area contributed by atoms with Gasteiger partial charge in [-0.1, -0.05) is 73.1 Å². The third-order valence-electron chi connectivity index (χ3n) is 5.42. The minimum absolute atomic E-state index is 0. The molecule has 0 nitrogen and oxygen atoms in total. The molecule has 0 spiro atoms. The van der Waals surface area contributed by atoms with Crippen LogP contribution in [-0.4, -0.2) is 0 Å². The fourth-order valence-electron chi connectivity index (χ4n) is 3.10. The number of hydrogen-bond donors (Lipinski definition) is 0. The van der Waals surface area contributed by atoms with Gasteiger partial charge in [0, 0.05) is 84.3 Å². The standard InChI is InChI=1S/4C8H11.4Mo.4H2S/c4*1-7(2)8-5-3-4-6-8;;;;;;;;/h4*3-7H,1-2H3;;;;;4*1H2/q-5;3*-1;;;;;;;;/p-4. The quantitative estimate of drug-likeness (QED) is 0.0868. The number of rotatable bonds is 4. The summed E-state index contributed by atoms with van der Waals surface area (Å²) < 4.78 is 0. The van der Waals surface area contributed by atoms with Crippen LogP contribution in [0.4, 0.5) is 0 Å². The van der Waals surface area contributed by atoms with Crippen molar-refractivity contribution >= 4 is 54.0 Å². The summed E-state index contributed by atoms with van der Waals surface area (Å²) in [5.41, 5.74) is 5.74. The van der Waals surface area contributed by atoms with Crippen LogP contribution in [0, 0.1) is 0 Å². The van der Waals surface area contributed by atoms with E-state index >= 15 is 0 Å². The van der Waals surface area contributed by atoms with Gasteiger partial charge in [-0.05, 0) is 0 Å². The first-order valence-electron chi connectivity index (χ1n) is 12.1. The van der Waals surface area contributed by atoms with E-state index in [-0.39, 0.29) is 138 Å². The molecule has 0 heterocycles. The van der Waals surface area contributed by atoms with Gasteiger partial charge in [0.05, 0.1) is 0 Å². The van der Waals surface area contributed by atoms with Crippen molar-refractivity contribution < 1.29 is 84.3 Å². The Hall–Kier alpha value is 1.55. The van der Waals surface area contributed by atoms with Crippen LogP contribution in [-0.2, 0) is 138 Å². The van der Waals surface area contributed by atoms with E-state index in [0.29, 0.717) is 23.7 Å². The molecule has 0 bridgehead atoms. The maximum Gasteiger partial charge on any atom is 0 e. The van der Waals surface area contributed by atoms with E-state index in [1.54, 1.807) is 0 Å². The molecule has 8 heteroatoms. The topological polar surface area (TPSA) is 0 Å². The van der Waals surface area contributed by atoms with Gasteiger partial charge in [-0.15, -0.1) is 0 Å². The molecule has 0 unspecified atom stereocenters. The van der Waals surface area contributed by atoms with Crippen LogP contribution in [0.15, 0.2) is 97.1 Å². The molecule has 4 rings (SSSR count). The predicted octanol–water partition coefficient (Wildman–Crippen LogP) is 9.03. The number of thiol groups is 4. The van der Waals surface area contributed by atoms with E-state index in [4.69, 9.17) is 0 Å². The van der Waals surface area contributed by atoms with Crippen LogP contribution in [0.2, 0.25) is 0 Å². The van der Waals surface area contributed by atoms with E-state index in [2.05, 4.69) is 152 Å². The van der Waals surface area contributed by atoms with E-state index in [9.17, 15) is 0 Å². The second-order valence-corrected chi connectivity index (χ2v) is 9.49. The molecule has 4 aromatic carbocycles. The van der Waals surface area contributed by atoms with Gasteiger partial charge in [0.1, 0.15) is 0 Å². The molecule has 0 radical (unpaired) electrons. The molecule has 0 saturated heterocycles. The fourth-order valence-corrected chi connectivity index (χ4v) is 3.10. The Kier molecular flexibility index (Phi) is 55.8. The van der Waals surface area contributed by atoms with E-state index in [1.165, 1.54) is 22.3 Å². The first-order chi connectivity index (χ1) is 15.2. The first-order valence-corrected chi connectivity index (χ1v) is 12.1. The average Bonchev–Trinajstić information content (AvgIpc) is 3.56. The van der Waals surface area contributed by atoms with Crippen LogP contribution < -0.4 is 0 Å². The van der Waals surface area contributed by atoms with E-state index in [1.807, 2.05) is 0 Å². The van der Waals surface area contributed by atoms with Crippen LogP contribution in [0.25, 0.3) is 0 Å². The molecule has 0 saturated carbocycles. The van der Waals surface area contributed by atoms with Crippen LogP contribution in [0.1, 0.15) is 101 Å². The molecule has 0 fully saturated rings. The molecule has 0 aromatic heterocycles. The Balaban J connectivity index is -0.0000000533. The molecule has 0 aliphatic carbocycles. The summed E-state index contributed by atoms with van der Waals surface area (Å²) in [5, 5.41) is 0. The van der Waals surface area contributed by atoms with Crippen LogP contribution in [0.5, 0.6) is 0 Å². The fraction of sp³-hybridized carbons (Fsp3) is 0.375. The minimum Gasteiger partial charge on any atom is -0.813 e. The Labute approximate surface area is 332 Å². The van der Waals surface area contributed by atoms with Crippen molar-refractivity contribution in [2.24, 2.45) is 0 Å². The van der Waals surface area contributed by atoms with E-state index < -0.39 is 0 Å². The molecule has 236 valence electrons. The largest absolute Gasteiger partial charge is 0.813 e. The molecule has 4 aromatic rings. The van der Waals surface area contributed by atoms with Crippen LogP contribution >= 0.6 is 0 Å². The van der Waals surface area contributed by atoms with Gasteiger partial charge in [-0.2, -0.15) is 53.1 Å². The van der Waals surface area contributed by atoms with Gasteiger partial charge in [-0.3, -0.25) is 0 Å². The first kappa shape index (κ1) is 60.7. The molecule has 0 atom stereocenters. The Morgan fingerprint density at radius 1 is 0.375 bits per heavy atom. The van der Waals surface area contributed by atoms with Gasteiger partial charge >= 0.3 is 0 Å².